The molecule has 24 heavy (non-hydrogen) atoms. The van der Waals surface area contributed by atoms with Crippen LogP contribution < -0.4 is 5.32 Å². The van der Waals surface area contributed by atoms with Crippen LogP contribution in [0.25, 0.3) is 0 Å². The summed E-state index contributed by atoms with van der Waals surface area (Å²) in [5, 5.41) is 7.51. The van der Waals surface area contributed by atoms with E-state index in [1.54, 1.807) is 18.6 Å². The molecule has 1 amide bonds. The van der Waals surface area contributed by atoms with E-state index in [1.165, 1.54) is 0 Å². The quantitative estimate of drug-likeness (QED) is 0.837. The normalized spacial score (nSPS) is 12.6. The molecule has 0 saturated carbocycles. The Morgan fingerprint density at radius 3 is 2.54 bits per heavy atom. The van der Waals surface area contributed by atoms with Gasteiger partial charge in [0.15, 0.2) is 0 Å². The smallest absolute Gasteiger partial charge is 0.255 e. The van der Waals surface area contributed by atoms with Gasteiger partial charge in [0.2, 0.25) is 0 Å². The van der Waals surface area contributed by atoms with Gasteiger partial charge in [-0.25, -0.2) is 0 Å². The molecular formula is C19H28N4O. The maximum absolute atomic E-state index is 12.7. The molecular weight excluding hydrogens is 300 g/mol. The van der Waals surface area contributed by atoms with Gasteiger partial charge in [-0.3, -0.25) is 14.5 Å². The molecule has 1 atom stereocenters. The summed E-state index contributed by atoms with van der Waals surface area (Å²) < 4.78 is 1.98. The Hall–Kier alpha value is -2.17. The first-order valence-corrected chi connectivity index (χ1v) is 8.66. The summed E-state index contributed by atoms with van der Waals surface area (Å²) in [6, 6.07) is 3.75. The number of hydrogen-bond acceptors (Lipinski definition) is 3. The zero-order chi connectivity index (χ0) is 17.7. The van der Waals surface area contributed by atoms with Crippen molar-refractivity contribution in [3.05, 3.63) is 47.5 Å². The average molecular weight is 328 g/mol. The first-order chi connectivity index (χ1) is 11.4. The first-order valence-electron chi connectivity index (χ1n) is 8.66. The molecule has 5 heteroatoms. The van der Waals surface area contributed by atoms with Crippen LogP contribution in [0.3, 0.4) is 0 Å². The summed E-state index contributed by atoms with van der Waals surface area (Å²) in [4.78, 5) is 16.8. The molecule has 0 aromatic carbocycles. The zero-order valence-corrected chi connectivity index (χ0v) is 15.3. The summed E-state index contributed by atoms with van der Waals surface area (Å²) in [5.74, 6) is 0.775. The fourth-order valence-corrected chi connectivity index (χ4v) is 2.73. The Labute approximate surface area is 144 Å². The van der Waals surface area contributed by atoms with Crippen LogP contribution in [0.1, 0.15) is 74.6 Å². The van der Waals surface area contributed by atoms with E-state index < -0.39 is 0 Å². The minimum Gasteiger partial charge on any atom is -0.345 e. The maximum Gasteiger partial charge on any atom is 0.255 e. The third kappa shape index (κ3) is 4.43. The standard InChI is InChI=1S/C19H28N4O/c1-13(2)8-10-23-18(14(3)4)17(12-21-23)19(24)22-15(5)16-7-6-9-20-11-16/h6-7,9,11-15H,8,10H2,1-5H3,(H,22,24)/t15-/m1/s1. The molecule has 0 saturated heterocycles. The lowest BCUT2D eigenvalue weighted by molar-refractivity contribution is 0.0938. The maximum atomic E-state index is 12.7. The van der Waals surface area contributed by atoms with Gasteiger partial charge in [-0.15, -0.1) is 0 Å². The van der Waals surface area contributed by atoms with Crippen molar-refractivity contribution in [1.82, 2.24) is 20.1 Å². The average Bonchev–Trinajstić information content (AvgIpc) is 2.98. The molecule has 2 aromatic heterocycles. The number of nitrogens with zero attached hydrogens (tertiary/aromatic N) is 3. The van der Waals surface area contributed by atoms with Crippen molar-refractivity contribution < 1.29 is 4.79 Å². The van der Waals surface area contributed by atoms with E-state index in [4.69, 9.17) is 0 Å². The highest BCUT2D eigenvalue weighted by molar-refractivity contribution is 5.95. The second-order valence-electron chi connectivity index (χ2n) is 6.99. The SMILES string of the molecule is CC(C)CCn1ncc(C(=O)N[C@H](C)c2cccnc2)c1C(C)C. The van der Waals surface area contributed by atoms with Crippen molar-refractivity contribution in [1.29, 1.82) is 0 Å². The number of carbonyl (C=O) groups is 1. The fraction of sp³-hybridized carbons (Fsp3) is 0.526. The van der Waals surface area contributed by atoms with Crippen molar-refractivity contribution in [2.75, 3.05) is 0 Å². The Morgan fingerprint density at radius 2 is 1.96 bits per heavy atom. The molecule has 0 aliphatic heterocycles. The van der Waals surface area contributed by atoms with Crippen LogP contribution in [0.2, 0.25) is 0 Å². The molecule has 0 spiro atoms. The van der Waals surface area contributed by atoms with E-state index in [1.807, 2.05) is 23.7 Å². The van der Waals surface area contributed by atoms with Gasteiger partial charge < -0.3 is 5.32 Å². The minimum absolute atomic E-state index is 0.0779. The molecule has 0 fully saturated rings. The van der Waals surface area contributed by atoms with Crippen molar-refractivity contribution in [2.24, 2.45) is 5.92 Å². The Kier molecular flexibility index (Phi) is 6.12. The van der Waals surface area contributed by atoms with E-state index in [0.29, 0.717) is 11.5 Å². The lowest BCUT2D eigenvalue weighted by Gasteiger charge is -2.16. The van der Waals surface area contributed by atoms with Gasteiger partial charge in [0.25, 0.3) is 5.91 Å². The van der Waals surface area contributed by atoms with Gasteiger partial charge in [0.1, 0.15) is 0 Å². The van der Waals surface area contributed by atoms with Crippen LogP contribution in [-0.4, -0.2) is 20.7 Å². The van der Waals surface area contributed by atoms with E-state index in [-0.39, 0.29) is 17.9 Å². The number of nitrogens with one attached hydrogen (secondary N) is 1. The highest BCUT2D eigenvalue weighted by atomic mass is 16.1. The van der Waals surface area contributed by atoms with Crippen molar-refractivity contribution in [3.8, 4) is 0 Å². The van der Waals surface area contributed by atoms with Gasteiger partial charge >= 0.3 is 0 Å². The third-order valence-electron chi connectivity index (χ3n) is 4.12. The first kappa shape index (κ1) is 18.2. The largest absolute Gasteiger partial charge is 0.345 e. The Morgan fingerprint density at radius 1 is 1.21 bits per heavy atom. The van der Waals surface area contributed by atoms with Crippen LogP contribution in [0.15, 0.2) is 30.7 Å². The number of carbonyl (C=O) groups excluding carboxylic acids is 1. The highest BCUT2D eigenvalue weighted by Gasteiger charge is 2.21. The molecule has 1 N–H and O–H groups in total. The summed E-state index contributed by atoms with van der Waals surface area (Å²) in [7, 11) is 0. The van der Waals surface area contributed by atoms with Gasteiger partial charge in [0.05, 0.1) is 23.5 Å². The van der Waals surface area contributed by atoms with Crippen LogP contribution in [0.4, 0.5) is 0 Å². The number of hydrogen-bond donors (Lipinski definition) is 1. The number of aryl methyl sites for hydroxylation is 1. The summed E-state index contributed by atoms with van der Waals surface area (Å²) >= 11 is 0. The van der Waals surface area contributed by atoms with Crippen molar-refractivity contribution in [3.63, 3.8) is 0 Å². The lowest BCUT2D eigenvalue weighted by atomic mass is 10.0. The number of rotatable bonds is 7. The molecule has 2 aromatic rings. The van der Waals surface area contributed by atoms with Gasteiger partial charge in [-0.2, -0.15) is 5.10 Å². The Balaban J connectivity index is 2.16. The second kappa shape index (κ2) is 8.08. The van der Waals surface area contributed by atoms with E-state index in [9.17, 15) is 4.79 Å². The molecule has 0 bridgehead atoms. The number of amides is 1. The van der Waals surface area contributed by atoms with Crippen LogP contribution in [-0.2, 0) is 6.54 Å². The molecule has 0 radical (unpaired) electrons. The molecule has 0 unspecified atom stereocenters. The predicted molar refractivity (Wildman–Crippen MR) is 95.9 cm³/mol. The number of pyridine rings is 1. The second-order valence-corrected chi connectivity index (χ2v) is 6.99. The topological polar surface area (TPSA) is 59.8 Å². The molecule has 0 aliphatic rings. The summed E-state index contributed by atoms with van der Waals surface area (Å²) in [5.41, 5.74) is 2.67. The van der Waals surface area contributed by atoms with Gasteiger partial charge in [-0.05, 0) is 36.8 Å². The molecule has 2 heterocycles. The summed E-state index contributed by atoms with van der Waals surface area (Å²) in [6.07, 6.45) is 6.25. The predicted octanol–water partition coefficient (Wildman–Crippen LogP) is 3.94. The summed E-state index contributed by atoms with van der Waals surface area (Å²) in [6.45, 7) is 11.4. The van der Waals surface area contributed by atoms with Gasteiger partial charge in [0, 0.05) is 18.9 Å². The lowest BCUT2D eigenvalue weighted by Crippen LogP contribution is -2.27. The number of aromatic nitrogens is 3. The van der Waals surface area contributed by atoms with Crippen LogP contribution >= 0.6 is 0 Å². The van der Waals surface area contributed by atoms with Crippen LogP contribution in [0, 0.1) is 5.92 Å². The van der Waals surface area contributed by atoms with E-state index in [0.717, 1.165) is 24.2 Å². The molecule has 2 rings (SSSR count). The monoisotopic (exact) mass is 328 g/mol. The minimum atomic E-state index is -0.0924. The molecule has 130 valence electrons. The van der Waals surface area contributed by atoms with E-state index >= 15 is 0 Å². The highest BCUT2D eigenvalue weighted by Crippen LogP contribution is 2.21. The zero-order valence-electron chi connectivity index (χ0n) is 15.3. The third-order valence-corrected chi connectivity index (χ3v) is 4.12. The van der Waals surface area contributed by atoms with Crippen molar-refractivity contribution in [2.45, 2.75) is 59.5 Å². The van der Waals surface area contributed by atoms with Gasteiger partial charge in [-0.1, -0.05) is 33.8 Å². The van der Waals surface area contributed by atoms with E-state index in [2.05, 4.69) is 43.1 Å². The Bertz CT molecular complexity index is 661. The molecule has 5 nitrogen and oxygen atoms in total. The fourth-order valence-electron chi connectivity index (χ4n) is 2.73. The molecule has 0 aliphatic carbocycles. The van der Waals surface area contributed by atoms with Crippen molar-refractivity contribution >= 4 is 5.91 Å². The van der Waals surface area contributed by atoms with Crippen LogP contribution in [0.5, 0.6) is 0 Å².